The normalized spacial score (nSPS) is 12.9. The van der Waals surface area contributed by atoms with Crippen molar-refractivity contribution in [2.75, 3.05) is 5.32 Å². The smallest absolute Gasteiger partial charge is 0.0541 e. The zero-order chi connectivity index (χ0) is 48.1. The van der Waals surface area contributed by atoms with E-state index in [-0.39, 0.29) is 0 Å². The molecular formula is C65H67N3. The molecule has 0 spiro atoms. The number of anilines is 2. The summed E-state index contributed by atoms with van der Waals surface area (Å²) >= 11 is 0. The van der Waals surface area contributed by atoms with E-state index in [1.807, 2.05) is 12.1 Å². The minimum atomic E-state index is 0.774. The lowest BCUT2D eigenvalue weighted by molar-refractivity contribution is 1.05. The van der Waals surface area contributed by atoms with Gasteiger partial charge in [0.2, 0.25) is 0 Å². The zero-order valence-electron chi connectivity index (χ0n) is 40.5. The summed E-state index contributed by atoms with van der Waals surface area (Å²) < 4.78 is 2.40. The van der Waals surface area contributed by atoms with Gasteiger partial charge in [0.15, 0.2) is 0 Å². The Bertz CT molecular complexity index is 3050. The van der Waals surface area contributed by atoms with Crippen molar-refractivity contribution in [3.05, 3.63) is 266 Å². The van der Waals surface area contributed by atoms with Gasteiger partial charge in [0.25, 0.3) is 0 Å². The lowest BCUT2D eigenvalue weighted by Crippen LogP contribution is -2.01. The van der Waals surface area contributed by atoms with E-state index in [4.69, 9.17) is 5.73 Å². The van der Waals surface area contributed by atoms with Crippen LogP contribution in [0.1, 0.15) is 76.5 Å². The number of hydrogen-bond donors (Lipinski definition) is 2. The summed E-state index contributed by atoms with van der Waals surface area (Å²) in [5.74, 6) is 0. The lowest BCUT2D eigenvalue weighted by atomic mass is 9.96. The van der Waals surface area contributed by atoms with Crippen molar-refractivity contribution in [1.82, 2.24) is 4.57 Å². The number of para-hydroxylation sites is 3. The van der Waals surface area contributed by atoms with Crippen LogP contribution in [0, 0.1) is 0 Å². The number of hydrogen-bond acceptors (Lipinski definition) is 2. The summed E-state index contributed by atoms with van der Waals surface area (Å²) in [6, 6.07) is 52.1. The van der Waals surface area contributed by atoms with Crippen LogP contribution >= 0.6 is 0 Å². The fraction of sp³-hybridized carbons (Fsp3) is 0.138. The molecule has 0 amide bonds. The highest BCUT2D eigenvalue weighted by Gasteiger charge is 2.15. The van der Waals surface area contributed by atoms with E-state index in [0.717, 1.165) is 116 Å². The third-order valence-electron chi connectivity index (χ3n) is 11.6. The number of aromatic nitrogens is 1. The maximum absolute atomic E-state index is 6.86. The number of nitrogens with two attached hydrogens (primary N) is 1. The molecule has 0 saturated heterocycles. The minimum Gasteiger partial charge on any atom is -0.398 e. The van der Waals surface area contributed by atoms with E-state index in [2.05, 4.69) is 264 Å². The SMILES string of the molecule is C=C.C=C/C=C(\C=C(/C)c1ccccc1Nc1ccccc1)c1ccc2c(c1)c1ccccc1n2-c1cccc(-c2cccc(C(/C=C(N)/C(/C=C\CC)=C/CC)=C/CC/C=C\C=C/CC)c2)c1. The summed E-state index contributed by atoms with van der Waals surface area (Å²) in [6.45, 7) is 18.7. The van der Waals surface area contributed by atoms with E-state index in [1.165, 1.54) is 10.8 Å². The Morgan fingerprint density at radius 1 is 0.603 bits per heavy atom. The van der Waals surface area contributed by atoms with E-state index in [1.54, 1.807) is 0 Å². The van der Waals surface area contributed by atoms with Gasteiger partial charge >= 0.3 is 0 Å². The molecule has 342 valence electrons. The number of nitrogens with zero attached hydrogens (tertiary/aromatic N) is 1. The second-order valence-electron chi connectivity index (χ2n) is 16.4. The molecule has 0 fully saturated rings. The third kappa shape index (κ3) is 12.7. The molecule has 1 heterocycles. The summed E-state index contributed by atoms with van der Waals surface area (Å²) in [5, 5.41) is 6.02. The van der Waals surface area contributed by atoms with Crippen LogP contribution in [0.15, 0.2) is 250 Å². The summed E-state index contributed by atoms with van der Waals surface area (Å²) in [4.78, 5) is 0. The van der Waals surface area contributed by atoms with Crippen molar-refractivity contribution in [2.24, 2.45) is 5.73 Å². The van der Waals surface area contributed by atoms with Crippen LogP contribution < -0.4 is 11.1 Å². The molecule has 3 N–H and O–H groups in total. The number of benzene rings is 6. The van der Waals surface area contributed by atoms with Crippen molar-refractivity contribution in [3.8, 4) is 16.8 Å². The highest BCUT2D eigenvalue weighted by atomic mass is 15.0. The zero-order valence-corrected chi connectivity index (χ0v) is 40.5. The molecule has 1 aromatic heterocycles. The van der Waals surface area contributed by atoms with Gasteiger partial charge in [-0.2, -0.15) is 0 Å². The van der Waals surface area contributed by atoms with Gasteiger partial charge < -0.3 is 15.6 Å². The molecule has 0 aliphatic carbocycles. The fourth-order valence-electron chi connectivity index (χ4n) is 8.39. The van der Waals surface area contributed by atoms with Gasteiger partial charge in [0.1, 0.15) is 0 Å². The monoisotopic (exact) mass is 890 g/mol. The average molecular weight is 890 g/mol. The van der Waals surface area contributed by atoms with Crippen LogP contribution in [0.25, 0.3) is 55.3 Å². The first-order valence-corrected chi connectivity index (χ1v) is 24.0. The Hall–Kier alpha value is -7.88. The van der Waals surface area contributed by atoms with Crippen LogP contribution in [0.4, 0.5) is 11.4 Å². The van der Waals surface area contributed by atoms with Crippen molar-refractivity contribution >= 4 is 49.9 Å². The number of nitrogens with one attached hydrogen (secondary N) is 1. The van der Waals surface area contributed by atoms with Crippen LogP contribution in [0.5, 0.6) is 0 Å². The molecule has 0 atom stereocenters. The second kappa shape index (κ2) is 25.7. The molecule has 3 heteroatoms. The van der Waals surface area contributed by atoms with Crippen LogP contribution in [-0.2, 0) is 0 Å². The Labute approximate surface area is 406 Å². The Morgan fingerprint density at radius 3 is 2.07 bits per heavy atom. The first-order chi connectivity index (χ1) is 33.4. The quantitative estimate of drug-likeness (QED) is 0.0483. The highest BCUT2D eigenvalue weighted by Crippen LogP contribution is 2.37. The largest absolute Gasteiger partial charge is 0.398 e. The lowest BCUT2D eigenvalue weighted by Gasteiger charge is -2.14. The minimum absolute atomic E-state index is 0.774. The fourth-order valence-corrected chi connectivity index (χ4v) is 8.39. The number of rotatable bonds is 19. The van der Waals surface area contributed by atoms with Crippen LogP contribution in [-0.4, -0.2) is 4.57 Å². The van der Waals surface area contributed by atoms with E-state index in [0.29, 0.717) is 0 Å². The Morgan fingerprint density at radius 2 is 1.29 bits per heavy atom. The number of allylic oxidation sites excluding steroid dienone is 15. The Balaban J connectivity index is 0.00000376. The molecule has 0 saturated carbocycles. The summed E-state index contributed by atoms with van der Waals surface area (Å²) in [6.07, 6.45) is 30.7. The molecule has 7 rings (SSSR count). The summed E-state index contributed by atoms with van der Waals surface area (Å²) in [7, 11) is 0. The topological polar surface area (TPSA) is 43.0 Å². The number of fused-ring (bicyclic) bond motifs is 3. The maximum atomic E-state index is 6.86. The van der Waals surface area contributed by atoms with Crippen LogP contribution in [0.2, 0.25) is 0 Å². The molecule has 0 radical (unpaired) electrons. The second-order valence-corrected chi connectivity index (χ2v) is 16.4. The van der Waals surface area contributed by atoms with Gasteiger partial charge in [-0.05, 0) is 144 Å². The summed E-state index contributed by atoms with van der Waals surface area (Å²) in [5.41, 5.74) is 23.3. The maximum Gasteiger partial charge on any atom is 0.0541 e. The molecule has 68 heavy (non-hydrogen) atoms. The highest BCUT2D eigenvalue weighted by molar-refractivity contribution is 6.10. The Kier molecular flexibility index (Phi) is 18.7. The molecule has 0 unspecified atom stereocenters. The molecule has 0 aliphatic rings. The van der Waals surface area contributed by atoms with Gasteiger partial charge in [-0.3, -0.25) is 0 Å². The standard InChI is InChI=1S/C63H63N3.C2H4/c1-6-10-12-13-14-15-17-29-53(46-60(64)48(26-8-3)28-11-7-2)51-31-24-30-50(43-51)52-32-25-35-56(44-52)66-62-39-23-21-37-58(62)59-45-54(40-41-63(59)66)49(27-9-4)42-47(5)57-36-20-22-38-61(57)65-55-33-18-16-19-34-55;1-2/h9-14,16,18-46,65H,4,6-8,15,17,64H2,1-3,5H3;1-2H2/b12-10-,14-13-,28-11-,47-42+,48-26+,49-27+,53-29+,60-46-;. The molecule has 3 nitrogen and oxygen atoms in total. The first-order valence-electron chi connectivity index (χ1n) is 24.0. The van der Waals surface area contributed by atoms with Gasteiger partial charge in [-0.15, -0.1) is 13.2 Å². The molecule has 6 aromatic carbocycles. The molecule has 0 bridgehead atoms. The van der Waals surface area contributed by atoms with Crippen molar-refractivity contribution in [1.29, 1.82) is 0 Å². The van der Waals surface area contributed by atoms with Gasteiger partial charge in [0, 0.05) is 39.1 Å². The van der Waals surface area contributed by atoms with Crippen molar-refractivity contribution in [2.45, 2.75) is 59.8 Å². The predicted molar refractivity (Wildman–Crippen MR) is 301 cm³/mol. The van der Waals surface area contributed by atoms with Gasteiger partial charge in [-0.25, -0.2) is 0 Å². The van der Waals surface area contributed by atoms with Gasteiger partial charge in [0.05, 0.1) is 11.0 Å². The number of unbranched alkanes of at least 4 members (excludes halogenated alkanes) is 1. The van der Waals surface area contributed by atoms with E-state index >= 15 is 0 Å². The van der Waals surface area contributed by atoms with E-state index < -0.39 is 0 Å². The van der Waals surface area contributed by atoms with Gasteiger partial charge in [-0.1, -0.05) is 185 Å². The third-order valence-corrected chi connectivity index (χ3v) is 11.6. The average Bonchev–Trinajstić information content (AvgIpc) is 3.71. The molecule has 0 aliphatic heterocycles. The molecular weight excluding hydrogens is 823 g/mol. The predicted octanol–water partition coefficient (Wildman–Crippen LogP) is 18.5. The molecule has 7 aromatic rings. The first kappa shape index (κ1) is 49.6. The van der Waals surface area contributed by atoms with Crippen LogP contribution in [0.3, 0.4) is 0 Å². The van der Waals surface area contributed by atoms with E-state index in [9.17, 15) is 0 Å². The van der Waals surface area contributed by atoms with Crippen molar-refractivity contribution in [3.63, 3.8) is 0 Å². The van der Waals surface area contributed by atoms with Crippen molar-refractivity contribution < 1.29 is 0 Å².